The number of alkyl halides is 2. The summed E-state index contributed by atoms with van der Waals surface area (Å²) in [6.07, 6.45) is 0. The number of aromatic nitrogens is 2. The first-order valence-corrected chi connectivity index (χ1v) is 6.32. The number of benzene rings is 1. The van der Waals surface area contributed by atoms with Crippen molar-refractivity contribution in [1.29, 1.82) is 0 Å². The zero-order valence-electron chi connectivity index (χ0n) is 11.0. The number of nitrogens with one attached hydrogen (secondary N) is 1. The zero-order chi connectivity index (χ0) is 14.7. The normalized spacial score (nSPS) is 10.9. The van der Waals surface area contributed by atoms with E-state index in [0.717, 1.165) is 11.4 Å². The molecular weight excluding hydrogens is 288 g/mol. The molecule has 1 aromatic carbocycles. The van der Waals surface area contributed by atoms with Crippen LogP contribution in [0.5, 0.6) is 5.75 Å². The number of hydrogen-bond donors (Lipinski definition) is 1. The highest BCUT2D eigenvalue weighted by atomic mass is 35.5. The maximum absolute atomic E-state index is 12.3. The standard InChI is InChI=1S/C13H14ClF2N3O/c1-8-12(14)10(19(2)18-8)7-17-9-5-3-4-6-11(9)20-13(15)16/h3-6,13,17H,7H2,1-2H3. The van der Waals surface area contributed by atoms with Crippen molar-refractivity contribution in [3.8, 4) is 5.75 Å². The summed E-state index contributed by atoms with van der Waals surface area (Å²) in [5.74, 6) is 0.0949. The molecule has 4 nitrogen and oxygen atoms in total. The third kappa shape index (κ3) is 3.19. The largest absolute Gasteiger partial charge is 0.433 e. The van der Waals surface area contributed by atoms with Crippen molar-refractivity contribution in [2.24, 2.45) is 7.05 Å². The molecule has 0 atom stereocenters. The van der Waals surface area contributed by atoms with Crippen molar-refractivity contribution >= 4 is 17.3 Å². The van der Waals surface area contributed by atoms with E-state index in [4.69, 9.17) is 11.6 Å². The lowest BCUT2D eigenvalue weighted by molar-refractivity contribution is -0.0493. The van der Waals surface area contributed by atoms with Gasteiger partial charge < -0.3 is 10.1 Å². The van der Waals surface area contributed by atoms with Crippen LogP contribution >= 0.6 is 11.6 Å². The van der Waals surface area contributed by atoms with Gasteiger partial charge in [-0.05, 0) is 19.1 Å². The molecule has 2 rings (SSSR count). The minimum Gasteiger partial charge on any atom is -0.433 e. The Balaban J connectivity index is 2.15. The Kier molecular flexibility index (Phi) is 4.44. The molecule has 0 saturated carbocycles. The molecular formula is C13H14ClF2N3O. The summed E-state index contributed by atoms with van der Waals surface area (Å²) in [6, 6.07) is 6.50. The van der Waals surface area contributed by atoms with Gasteiger partial charge in [0, 0.05) is 7.05 Å². The van der Waals surface area contributed by atoms with Crippen LogP contribution in [0.15, 0.2) is 24.3 Å². The number of halogens is 3. The van der Waals surface area contributed by atoms with Gasteiger partial charge in [0.25, 0.3) is 0 Å². The average molecular weight is 302 g/mol. The fourth-order valence-electron chi connectivity index (χ4n) is 1.86. The van der Waals surface area contributed by atoms with Crippen LogP contribution in [0.25, 0.3) is 0 Å². The van der Waals surface area contributed by atoms with Gasteiger partial charge in [0.2, 0.25) is 0 Å². The summed E-state index contributed by atoms with van der Waals surface area (Å²) in [4.78, 5) is 0. The van der Waals surface area contributed by atoms with Crippen molar-refractivity contribution in [1.82, 2.24) is 9.78 Å². The second-order valence-corrected chi connectivity index (χ2v) is 4.58. The summed E-state index contributed by atoms with van der Waals surface area (Å²) >= 11 is 6.13. The number of ether oxygens (including phenoxy) is 1. The molecule has 20 heavy (non-hydrogen) atoms. The minimum atomic E-state index is -2.86. The zero-order valence-corrected chi connectivity index (χ0v) is 11.8. The molecule has 1 aromatic heterocycles. The van der Waals surface area contributed by atoms with Gasteiger partial charge in [-0.3, -0.25) is 4.68 Å². The first-order chi connectivity index (χ1) is 9.49. The maximum atomic E-state index is 12.3. The monoisotopic (exact) mass is 301 g/mol. The summed E-state index contributed by atoms with van der Waals surface area (Å²) in [6.45, 7) is -0.695. The van der Waals surface area contributed by atoms with Gasteiger partial charge in [-0.15, -0.1) is 0 Å². The van der Waals surface area contributed by atoms with Crippen LogP contribution < -0.4 is 10.1 Å². The minimum absolute atomic E-state index is 0.0949. The van der Waals surface area contributed by atoms with Crippen LogP contribution in [0.2, 0.25) is 5.02 Å². The first kappa shape index (κ1) is 14.6. The Morgan fingerprint density at radius 3 is 2.70 bits per heavy atom. The highest BCUT2D eigenvalue weighted by molar-refractivity contribution is 6.31. The summed E-state index contributed by atoms with van der Waals surface area (Å²) < 4.78 is 30.7. The van der Waals surface area contributed by atoms with Crippen molar-refractivity contribution in [3.63, 3.8) is 0 Å². The van der Waals surface area contributed by atoms with Crippen molar-refractivity contribution in [3.05, 3.63) is 40.7 Å². The SMILES string of the molecule is Cc1nn(C)c(CNc2ccccc2OC(F)F)c1Cl. The lowest BCUT2D eigenvalue weighted by Crippen LogP contribution is -2.09. The van der Waals surface area contributed by atoms with E-state index in [2.05, 4.69) is 15.2 Å². The molecule has 0 fully saturated rings. The van der Waals surface area contributed by atoms with Gasteiger partial charge in [0.1, 0.15) is 5.75 Å². The molecule has 0 aliphatic rings. The number of aryl methyl sites for hydroxylation is 2. The lowest BCUT2D eigenvalue weighted by Gasteiger charge is -2.12. The molecule has 0 amide bonds. The number of rotatable bonds is 5. The fraction of sp³-hybridized carbons (Fsp3) is 0.308. The predicted molar refractivity (Wildman–Crippen MR) is 73.4 cm³/mol. The quantitative estimate of drug-likeness (QED) is 0.917. The van der Waals surface area contributed by atoms with Crippen molar-refractivity contribution in [2.45, 2.75) is 20.1 Å². The van der Waals surface area contributed by atoms with Gasteiger partial charge in [0.05, 0.1) is 28.6 Å². The fourth-order valence-corrected chi connectivity index (χ4v) is 2.09. The van der Waals surface area contributed by atoms with E-state index in [0.29, 0.717) is 17.3 Å². The molecule has 0 spiro atoms. The van der Waals surface area contributed by atoms with Crippen molar-refractivity contribution < 1.29 is 13.5 Å². The molecule has 1 heterocycles. The highest BCUT2D eigenvalue weighted by Gasteiger charge is 2.13. The van der Waals surface area contributed by atoms with E-state index < -0.39 is 6.61 Å². The molecule has 0 unspecified atom stereocenters. The van der Waals surface area contributed by atoms with Crippen LogP contribution in [0, 0.1) is 6.92 Å². The molecule has 0 radical (unpaired) electrons. The molecule has 0 bridgehead atoms. The first-order valence-electron chi connectivity index (χ1n) is 5.94. The van der Waals surface area contributed by atoms with Crippen LogP contribution in [0.3, 0.4) is 0 Å². The van der Waals surface area contributed by atoms with E-state index in [9.17, 15) is 8.78 Å². The Morgan fingerprint density at radius 1 is 1.40 bits per heavy atom. The van der Waals surface area contributed by atoms with Gasteiger partial charge >= 0.3 is 6.61 Å². The summed E-state index contributed by atoms with van der Waals surface area (Å²) in [7, 11) is 1.78. The summed E-state index contributed by atoms with van der Waals surface area (Å²) in [5, 5.41) is 7.78. The van der Waals surface area contributed by atoms with Gasteiger partial charge in [0.15, 0.2) is 0 Å². The molecule has 7 heteroatoms. The Hall–Kier alpha value is -1.82. The third-order valence-electron chi connectivity index (χ3n) is 2.81. The molecule has 2 aromatic rings. The van der Waals surface area contributed by atoms with Gasteiger partial charge in [-0.1, -0.05) is 23.7 Å². The van der Waals surface area contributed by atoms with Gasteiger partial charge in [-0.2, -0.15) is 13.9 Å². The van der Waals surface area contributed by atoms with E-state index in [1.165, 1.54) is 6.07 Å². The maximum Gasteiger partial charge on any atom is 0.387 e. The number of hydrogen-bond acceptors (Lipinski definition) is 3. The van der Waals surface area contributed by atoms with Crippen LogP contribution in [0.1, 0.15) is 11.4 Å². The molecule has 1 N–H and O–H groups in total. The van der Waals surface area contributed by atoms with Crippen LogP contribution in [-0.2, 0) is 13.6 Å². The Labute approximate surface area is 120 Å². The number of nitrogens with zero attached hydrogens (tertiary/aromatic N) is 2. The second-order valence-electron chi connectivity index (χ2n) is 4.20. The number of para-hydroxylation sites is 2. The van der Waals surface area contributed by atoms with E-state index in [1.807, 2.05) is 0 Å². The second kappa shape index (κ2) is 6.09. The molecule has 0 saturated heterocycles. The predicted octanol–water partition coefficient (Wildman–Crippen LogP) is 3.60. The van der Waals surface area contributed by atoms with E-state index in [1.54, 1.807) is 36.9 Å². The molecule has 0 aliphatic heterocycles. The smallest absolute Gasteiger partial charge is 0.387 e. The third-order valence-corrected chi connectivity index (χ3v) is 3.30. The van der Waals surface area contributed by atoms with Crippen molar-refractivity contribution in [2.75, 3.05) is 5.32 Å². The molecule has 108 valence electrons. The topological polar surface area (TPSA) is 39.1 Å². The van der Waals surface area contributed by atoms with Crippen LogP contribution in [-0.4, -0.2) is 16.4 Å². The Morgan fingerprint density at radius 2 is 2.10 bits per heavy atom. The Bertz CT molecular complexity index is 601. The molecule has 0 aliphatic carbocycles. The van der Waals surface area contributed by atoms with Crippen LogP contribution in [0.4, 0.5) is 14.5 Å². The summed E-state index contributed by atoms with van der Waals surface area (Å²) in [5.41, 5.74) is 1.97. The van der Waals surface area contributed by atoms with E-state index >= 15 is 0 Å². The van der Waals surface area contributed by atoms with Gasteiger partial charge in [-0.25, -0.2) is 0 Å². The van der Waals surface area contributed by atoms with E-state index in [-0.39, 0.29) is 5.75 Å². The highest BCUT2D eigenvalue weighted by Crippen LogP contribution is 2.27. The lowest BCUT2D eigenvalue weighted by atomic mass is 10.3. The number of anilines is 1. The average Bonchev–Trinajstić information content (AvgIpc) is 2.62.